The van der Waals surface area contributed by atoms with Crippen molar-refractivity contribution >= 4 is 33.6 Å². The second kappa shape index (κ2) is 12.9. The van der Waals surface area contributed by atoms with Crippen LogP contribution < -0.4 is 10.6 Å². The zero-order valence-electron chi connectivity index (χ0n) is 24.9. The summed E-state index contributed by atoms with van der Waals surface area (Å²) in [6, 6.07) is 35.5. The lowest BCUT2D eigenvalue weighted by molar-refractivity contribution is 0.0947. The van der Waals surface area contributed by atoms with Crippen LogP contribution in [0.2, 0.25) is 0 Å². The maximum atomic E-state index is 13.4. The smallest absolute Gasteiger partial charge is 0.252 e. The predicted octanol–water partition coefficient (Wildman–Crippen LogP) is 8.06. The fourth-order valence-electron chi connectivity index (χ4n) is 5.37. The maximum Gasteiger partial charge on any atom is 0.252 e. The summed E-state index contributed by atoms with van der Waals surface area (Å²) >= 11 is 0. The minimum absolute atomic E-state index is 0.125. The van der Waals surface area contributed by atoms with Gasteiger partial charge in [-0.15, -0.1) is 0 Å². The summed E-state index contributed by atoms with van der Waals surface area (Å²) in [6.45, 7) is 5.25. The third kappa shape index (κ3) is 5.92. The third-order valence-electron chi connectivity index (χ3n) is 7.65. The molecule has 0 aliphatic heterocycles. The second-order valence-electron chi connectivity index (χ2n) is 10.8. The van der Waals surface area contributed by atoms with Crippen molar-refractivity contribution in [2.24, 2.45) is 0 Å². The quantitative estimate of drug-likeness (QED) is 0.182. The first kappa shape index (κ1) is 28.7. The van der Waals surface area contributed by atoms with E-state index in [0.29, 0.717) is 24.2 Å². The van der Waals surface area contributed by atoms with Gasteiger partial charge in [-0.05, 0) is 60.4 Å². The zero-order chi connectivity index (χ0) is 30.5. The molecule has 0 radical (unpaired) electrons. The van der Waals surface area contributed by atoms with E-state index in [9.17, 15) is 9.59 Å². The Morgan fingerprint density at radius 1 is 0.523 bits per heavy atom. The van der Waals surface area contributed by atoms with Crippen LogP contribution in [0.5, 0.6) is 0 Å². The molecule has 0 fully saturated rings. The maximum absolute atomic E-state index is 13.4. The number of nitrogens with zero attached hydrogens (tertiary/aromatic N) is 2. The molecule has 0 spiro atoms. The lowest BCUT2D eigenvalue weighted by Crippen LogP contribution is -2.24. The molecule has 44 heavy (non-hydrogen) atoms. The average Bonchev–Trinajstić information content (AvgIpc) is 3.08. The zero-order valence-corrected chi connectivity index (χ0v) is 24.9. The standard InChI is InChI=1S/C38H34N4O2/c1-3-19-39-37(43)31-23-35(25-11-7-5-8-12-25)41-33-17-15-27(21-29(31)33)28-16-18-34-30(22-28)32(38(44)40-20-4-2)24-36(42-34)26-13-9-6-10-14-26/h5-18,21-24H,3-4,19-20H2,1-2H3,(H,39,43)(H,40,44). The highest BCUT2D eigenvalue weighted by atomic mass is 16.2. The topological polar surface area (TPSA) is 84.0 Å². The van der Waals surface area contributed by atoms with Crippen molar-refractivity contribution in [1.82, 2.24) is 20.6 Å². The van der Waals surface area contributed by atoms with Gasteiger partial charge in [-0.2, -0.15) is 0 Å². The van der Waals surface area contributed by atoms with Crippen LogP contribution in [-0.4, -0.2) is 34.9 Å². The van der Waals surface area contributed by atoms with Crippen molar-refractivity contribution in [3.8, 4) is 33.6 Å². The average molecular weight is 579 g/mol. The molecule has 6 rings (SSSR count). The van der Waals surface area contributed by atoms with Crippen LogP contribution in [0.15, 0.2) is 109 Å². The molecule has 0 aliphatic rings. The first-order chi connectivity index (χ1) is 21.6. The normalized spacial score (nSPS) is 11.0. The lowest BCUT2D eigenvalue weighted by Gasteiger charge is -2.14. The number of hydrogen-bond acceptors (Lipinski definition) is 4. The van der Waals surface area contributed by atoms with Crippen LogP contribution in [-0.2, 0) is 0 Å². The molecule has 0 saturated carbocycles. The molecule has 0 saturated heterocycles. The van der Waals surface area contributed by atoms with Crippen LogP contribution >= 0.6 is 0 Å². The third-order valence-corrected chi connectivity index (χ3v) is 7.65. The fourth-order valence-corrected chi connectivity index (χ4v) is 5.37. The molecule has 4 aromatic carbocycles. The number of carbonyl (C=O) groups is 2. The number of hydrogen-bond donors (Lipinski definition) is 2. The van der Waals surface area contributed by atoms with Crippen LogP contribution in [0.1, 0.15) is 47.4 Å². The Morgan fingerprint density at radius 2 is 0.932 bits per heavy atom. The summed E-state index contributed by atoms with van der Waals surface area (Å²) in [6.07, 6.45) is 1.69. The van der Waals surface area contributed by atoms with E-state index in [2.05, 4.69) is 10.6 Å². The molecule has 0 unspecified atom stereocenters. The van der Waals surface area contributed by atoms with Gasteiger partial charge in [-0.1, -0.05) is 86.6 Å². The monoisotopic (exact) mass is 578 g/mol. The van der Waals surface area contributed by atoms with Crippen molar-refractivity contribution in [3.63, 3.8) is 0 Å². The van der Waals surface area contributed by atoms with E-state index in [1.807, 2.05) is 123 Å². The first-order valence-corrected chi connectivity index (χ1v) is 15.1. The van der Waals surface area contributed by atoms with E-state index in [1.165, 1.54) is 0 Å². The largest absolute Gasteiger partial charge is 0.352 e. The van der Waals surface area contributed by atoms with Crippen molar-refractivity contribution in [2.75, 3.05) is 13.1 Å². The minimum atomic E-state index is -0.125. The summed E-state index contributed by atoms with van der Waals surface area (Å²) in [5.74, 6) is -0.251. The highest BCUT2D eigenvalue weighted by Crippen LogP contribution is 2.32. The number of amides is 2. The Labute approximate surface area is 257 Å². The molecular weight excluding hydrogens is 544 g/mol. The molecule has 0 bridgehead atoms. The van der Waals surface area contributed by atoms with Crippen LogP contribution in [0.25, 0.3) is 55.4 Å². The van der Waals surface area contributed by atoms with Gasteiger partial charge >= 0.3 is 0 Å². The molecule has 2 N–H and O–H groups in total. The van der Waals surface area contributed by atoms with Crippen LogP contribution in [0.3, 0.4) is 0 Å². The molecule has 6 nitrogen and oxygen atoms in total. The highest BCUT2D eigenvalue weighted by Gasteiger charge is 2.17. The molecule has 218 valence electrons. The number of benzene rings is 4. The molecule has 2 heterocycles. The van der Waals surface area contributed by atoms with Crippen molar-refractivity contribution in [3.05, 3.63) is 120 Å². The fraction of sp³-hybridized carbons (Fsp3) is 0.158. The Bertz CT molecular complexity index is 1830. The Morgan fingerprint density at radius 3 is 1.32 bits per heavy atom. The number of nitrogens with one attached hydrogen (secondary N) is 2. The molecular formula is C38H34N4O2. The van der Waals surface area contributed by atoms with Crippen molar-refractivity contribution in [2.45, 2.75) is 26.7 Å². The number of pyridine rings is 2. The van der Waals surface area contributed by atoms with Crippen molar-refractivity contribution < 1.29 is 9.59 Å². The van der Waals surface area contributed by atoms with E-state index >= 15 is 0 Å². The summed E-state index contributed by atoms with van der Waals surface area (Å²) in [5, 5.41) is 7.62. The Kier molecular flexibility index (Phi) is 8.41. The molecule has 6 heteroatoms. The minimum Gasteiger partial charge on any atom is -0.352 e. The summed E-state index contributed by atoms with van der Waals surface area (Å²) in [5.41, 5.74) is 7.90. The van der Waals surface area contributed by atoms with Crippen molar-refractivity contribution in [1.29, 1.82) is 0 Å². The molecule has 0 aliphatic carbocycles. The molecule has 2 aromatic heterocycles. The van der Waals surface area contributed by atoms with Crippen LogP contribution in [0, 0.1) is 0 Å². The highest BCUT2D eigenvalue weighted by molar-refractivity contribution is 6.10. The van der Waals surface area contributed by atoms with E-state index in [1.54, 1.807) is 0 Å². The van der Waals surface area contributed by atoms with E-state index in [4.69, 9.17) is 9.97 Å². The van der Waals surface area contributed by atoms with Crippen LogP contribution in [0.4, 0.5) is 0 Å². The predicted molar refractivity (Wildman–Crippen MR) is 179 cm³/mol. The molecule has 6 aromatic rings. The summed E-state index contributed by atoms with van der Waals surface area (Å²) in [4.78, 5) is 36.6. The van der Waals surface area contributed by atoms with Gasteiger partial charge in [0, 0.05) is 35.0 Å². The second-order valence-corrected chi connectivity index (χ2v) is 10.8. The molecule has 2 amide bonds. The number of carbonyl (C=O) groups excluding carboxylic acids is 2. The Hall–Kier alpha value is -5.36. The number of fused-ring (bicyclic) bond motifs is 2. The SMILES string of the molecule is CCCNC(=O)c1cc(-c2ccccc2)nc2ccc(-c3ccc4nc(-c5ccccc5)cc(C(=O)NCCC)c4c3)cc12. The first-order valence-electron chi connectivity index (χ1n) is 15.1. The van der Waals surface area contributed by atoms with E-state index < -0.39 is 0 Å². The Balaban J connectivity index is 1.49. The van der Waals surface area contributed by atoms with Gasteiger partial charge in [0.1, 0.15) is 0 Å². The molecule has 0 atom stereocenters. The van der Waals surface area contributed by atoms with E-state index in [-0.39, 0.29) is 11.8 Å². The van der Waals surface area contributed by atoms with E-state index in [0.717, 1.165) is 68.3 Å². The number of rotatable bonds is 9. The van der Waals surface area contributed by atoms with Gasteiger partial charge < -0.3 is 10.6 Å². The summed E-state index contributed by atoms with van der Waals surface area (Å²) < 4.78 is 0. The lowest BCUT2D eigenvalue weighted by atomic mass is 9.96. The van der Waals surface area contributed by atoms with Gasteiger partial charge in [-0.3, -0.25) is 9.59 Å². The van der Waals surface area contributed by atoms with Gasteiger partial charge in [0.05, 0.1) is 33.5 Å². The number of aromatic nitrogens is 2. The van der Waals surface area contributed by atoms with Gasteiger partial charge in [0.15, 0.2) is 0 Å². The van der Waals surface area contributed by atoms with Gasteiger partial charge in [0.2, 0.25) is 0 Å². The summed E-state index contributed by atoms with van der Waals surface area (Å²) in [7, 11) is 0. The van der Waals surface area contributed by atoms with Gasteiger partial charge in [-0.25, -0.2) is 9.97 Å². The van der Waals surface area contributed by atoms with Gasteiger partial charge in [0.25, 0.3) is 11.8 Å².